The molecule has 1 aromatic rings. The molecular formula is C13H20N2O2S. The zero-order chi connectivity index (χ0) is 13.2. The van der Waals surface area contributed by atoms with Crippen molar-refractivity contribution in [1.82, 2.24) is 9.62 Å². The summed E-state index contributed by atoms with van der Waals surface area (Å²) in [6.07, 6.45) is 0.833. The number of rotatable bonds is 5. The average Bonchev–Trinajstić information content (AvgIpc) is 2.82. The maximum Gasteiger partial charge on any atom is 0.243 e. The second-order valence-corrected chi connectivity index (χ2v) is 6.47. The predicted octanol–water partition coefficient (Wildman–Crippen LogP) is 1.71. The van der Waals surface area contributed by atoms with Crippen molar-refractivity contribution in [2.24, 2.45) is 0 Å². The lowest BCUT2D eigenvalue weighted by Gasteiger charge is -2.20. The highest BCUT2D eigenvalue weighted by Gasteiger charge is 2.23. The molecule has 0 saturated heterocycles. The number of nitrogens with one attached hydrogen (secondary N) is 1. The van der Waals surface area contributed by atoms with Crippen molar-refractivity contribution in [3.05, 3.63) is 29.3 Å². The van der Waals surface area contributed by atoms with Crippen LogP contribution in [0, 0.1) is 0 Å². The van der Waals surface area contributed by atoms with Crippen LogP contribution in [0.15, 0.2) is 23.1 Å². The molecule has 1 N–H and O–H groups in total. The predicted molar refractivity (Wildman–Crippen MR) is 71.7 cm³/mol. The fourth-order valence-corrected chi connectivity index (χ4v) is 3.87. The Balaban J connectivity index is 2.35. The molecule has 2 rings (SSSR count). The number of fused-ring (bicyclic) bond motifs is 1. The van der Waals surface area contributed by atoms with E-state index in [2.05, 4.69) is 5.32 Å². The molecule has 4 nitrogen and oxygen atoms in total. The molecule has 100 valence electrons. The van der Waals surface area contributed by atoms with E-state index >= 15 is 0 Å². The van der Waals surface area contributed by atoms with Gasteiger partial charge in [0.2, 0.25) is 10.0 Å². The Bertz CT molecular complexity index is 526. The van der Waals surface area contributed by atoms with Crippen molar-refractivity contribution in [1.29, 1.82) is 0 Å². The molecule has 0 unspecified atom stereocenters. The minimum atomic E-state index is -3.33. The lowest BCUT2D eigenvalue weighted by molar-refractivity contribution is 0.427. The Morgan fingerprint density at radius 3 is 2.61 bits per heavy atom. The molecule has 1 aliphatic heterocycles. The normalized spacial score (nSPS) is 15.1. The number of nitrogens with zero attached hydrogens (tertiary/aromatic N) is 1. The summed E-state index contributed by atoms with van der Waals surface area (Å²) in [5, 5.41) is 3.23. The van der Waals surface area contributed by atoms with Crippen LogP contribution in [0.25, 0.3) is 0 Å². The van der Waals surface area contributed by atoms with Gasteiger partial charge in [-0.05, 0) is 29.7 Å². The molecule has 0 aliphatic carbocycles. The summed E-state index contributed by atoms with van der Waals surface area (Å²) in [5.41, 5.74) is 2.30. The summed E-state index contributed by atoms with van der Waals surface area (Å²) in [6.45, 7) is 6.56. The summed E-state index contributed by atoms with van der Waals surface area (Å²) < 4.78 is 26.5. The standard InChI is InChI=1S/C13H20N2O2S/c1-3-7-15(4-2)18(16,17)13-6-5-11-9-14-10-12(11)8-13/h5-6,8,14H,3-4,7,9-10H2,1-2H3. The first-order valence-electron chi connectivity index (χ1n) is 6.42. The topological polar surface area (TPSA) is 49.4 Å². The van der Waals surface area contributed by atoms with E-state index in [4.69, 9.17) is 0 Å². The van der Waals surface area contributed by atoms with Crippen molar-refractivity contribution >= 4 is 10.0 Å². The van der Waals surface area contributed by atoms with Crippen LogP contribution in [0.5, 0.6) is 0 Å². The van der Waals surface area contributed by atoms with Crippen molar-refractivity contribution in [3.63, 3.8) is 0 Å². The molecule has 0 radical (unpaired) electrons. The molecule has 0 fully saturated rings. The fraction of sp³-hybridized carbons (Fsp3) is 0.538. The Kier molecular flexibility index (Phi) is 4.04. The van der Waals surface area contributed by atoms with Gasteiger partial charge in [0.1, 0.15) is 0 Å². The summed E-state index contributed by atoms with van der Waals surface area (Å²) in [6, 6.07) is 5.45. The average molecular weight is 268 g/mol. The molecule has 0 amide bonds. The van der Waals surface area contributed by atoms with Gasteiger partial charge in [-0.2, -0.15) is 4.31 Å². The molecule has 0 atom stereocenters. The smallest absolute Gasteiger partial charge is 0.243 e. The maximum absolute atomic E-state index is 12.5. The van der Waals surface area contributed by atoms with Crippen molar-refractivity contribution in [3.8, 4) is 0 Å². The third kappa shape index (κ3) is 2.43. The zero-order valence-corrected chi connectivity index (χ0v) is 11.8. The third-order valence-electron chi connectivity index (χ3n) is 3.27. The van der Waals surface area contributed by atoms with Gasteiger partial charge in [0.15, 0.2) is 0 Å². The van der Waals surface area contributed by atoms with Crippen LogP contribution in [0.3, 0.4) is 0 Å². The van der Waals surface area contributed by atoms with E-state index in [1.807, 2.05) is 26.0 Å². The first kappa shape index (κ1) is 13.5. The van der Waals surface area contributed by atoms with Crippen molar-refractivity contribution in [2.45, 2.75) is 38.3 Å². The van der Waals surface area contributed by atoms with Gasteiger partial charge < -0.3 is 5.32 Å². The van der Waals surface area contributed by atoms with Gasteiger partial charge in [-0.3, -0.25) is 0 Å². The minimum absolute atomic E-state index is 0.417. The van der Waals surface area contributed by atoms with Crippen LogP contribution in [0.4, 0.5) is 0 Å². The molecule has 0 bridgehead atoms. The van der Waals surface area contributed by atoms with Gasteiger partial charge in [-0.25, -0.2) is 8.42 Å². The SMILES string of the molecule is CCCN(CC)S(=O)(=O)c1ccc2c(c1)CNC2. The Morgan fingerprint density at radius 2 is 1.94 bits per heavy atom. The molecule has 5 heteroatoms. The monoisotopic (exact) mass is 268 g/mol. The summed E-state index contributed by atoms with van der Waals surface area (Å²) in [7, 11) is -3.33. The molecule has 1 heterocycles. The zero-order valence-electron chi connectivity index (χ0n) is 10.9. The van der Waals surface area contributed by atoms with Crippen LogP contribution in [-0.4, -0.2) is 25.8 Å². The minimum Gasteiger partial charge on any atom is -0.309 e. The molecule has 0 saturated carbocycles. The second kappa shape index (κ2) is 5.38. The number of sulfonamides is 1. The van der Waals surface area contributed by atoms with Crippen molar-refractivity contribution < 1.29 is 8.42 Å². The molecule has 1 aliphatic rings. The maximum atomic E-state index is 12.5. The Morgan fingerprint density at radius 1 is 1.22 bits per heavy atom. The van der Waals surface area contributed by atoms with Gasteiger partial charge >= 0.3 is 0 Å². The largest absolute Gasteiger partial charge is 0.309 e. The van der Waals surface area contributed by atoms with Gasteiger partial charge in [0.05, 0.1) is 4.90 Å². The van der Waals surface area contributed by atoms with E-state index in [0.29, 0.717) is 18.0 Å². The summed E-state index contributed by atoms with van der Waals surface area (Å²) >= 11 is 0. The van der Waals surface area contributed by atoms with E-state index in [0.717, 1.165) is 25.1 Å². The highest BCUT2D eigenvalue weighted by molar-refractivity contribution is 7.89. The second-order valence-electron chi connectivity index (χ2n) is 4.53. The lowest BCUT2D eigenvalue weighted by atomic mass is 10.1. The molecule has 0 spiro atoms. The fourth-order valence-electron chi connectivity index (χ4n) is 2.28. The van der Waals surface area contributed by atoms with E-state index in [1.54, 1.807) is 6.07 Å². The highest BCUT2D eigenvalue weighted by Crippen LogP contribution is 2.22. The van der Waals surface area contributed by atoms with Gasteiger partial charge in [-0.1, -0.05) is 19.9 Å². The van der Waals surface area contributed by atoms with Crippen LogP contribution < -0.4 is 5.32 Å². The first-order valence-corrected chi connectivity index (χ1v) is 7.86. The number of hydrogen-bond donors (Lipinski definition) is 1. The van der Waals surface area contributed by atoms with Gasteiger partial charge in [0, 0.05) is 26.2 Å². The van der Waals surface area contributed by atoms with Gasteiger partial charge in [-0.15, -0.1) is 0 Å². The van der Waals surface area contributed by atoms with Crippen LogP contribution in [-0.2, 0) is 23.1 Å². The van der Waals surface area contributed by atoms with E-state index in [1.165, 1.54) is 9.87 Å². The quantitative estimate of drug-likeness (QED) is 0.884. The molecular weight excluding hydrogens is 248 g/mol. The van der Waals surface area contributed by atoms with Crippen LogP contribution in [0.1, 0.15) is 31.4 Å². The molecule has 0 aromatic heterocycles. The first-order chi connectivity index (χ1) is 8.59. The lowest BCUT2D eigenvalue weighted by Crippen LogP contribution is -2.31. The third-order valence-corrected chi connectivity index (χ3v) is 5.24. The van der Waals surface area contributed by atoms with E-state index < -0.39 is 10.0 Å². The van der Waals surface area contributed by atoms with E-state index in [9.17, 15) is 8.42 Å². The van der Waals surface area contributed by atoms with E-state index in [-0.39, 0.29) is 0 Å². The Hall–Kier alpha value is -0.910. The Labute approximate surface area is 109 Å². The molecule has 18 heavy (non-hydrogen) atoms. The highest BCUT2D eigenvalue weighted by atomic mass is 32.2. The van der Waals surface area contributed by atoms with Crippen LogP contribution >= 0.6 is 0 Å². The number of benzene rings is 1. The summed E-state index contributed by atoms with van der Waals surface area (Å²) in [5.74, 6) is 0. The number of hydrogen-bond acceptors (Lipinski definition) is 3. The van der Waals surface area contributed by atoms with Crippen LogP contribution in [0.2, 0.25) is 0 Å². The molecule has 1 aromatic carbocycles. The van der Waals surface area contributed by atoms with Crippen molar-refractivity contribution in [2.75, 3.05) is 13.1 Å². The summed E-state index contributed by atoms with van der Waals surface area (Å²) in [4.78, 5) is 0.417. The van der Waals surface area contributed by atoms with Gasteiger partial charge in [0.25, 0.3) is 0 Å².